The molecule has 1 aromatic rings. The number of benzene rings is 1. The summed E-state index contributed by atoms with van der Waals surface area (Å²) in [4.78, 5) is 10.7. The van der Waals surface area contributed by atoms with Crippen LogP contribution in [-0.2, 0) is 10.2 Å². The van der Waals surface area contributed by atoms with E-state index in [9.17, 15) is 9.18 Å². The van der Waals surface area contributed by atoms with Crippen molar-refractivity contribution in [1.29, 1.82) is 5.26 Å². The van der Waals surface area contributed by atoms with Gasteiger partial charge in [0.2, 0.25) is 0 Å². The zero-order valence-electron chi connectivity index (χ0n) is 9.53. The maximum Gasteiger partial charge on any atom is 0.305 e. The average Bonchev–Trinajstić information content (AvgIpc) is 2.27. The van der Waals surface area contributed by atoms with E-state index in [-0.39, 0.29) is 12.2 Å². The van der Waals surface area contributed by atoms with Crippen molar-refractivity contribution in [2.75, 3.05) is 7.11 Å². The molecule has 1 rings (SSSR count). The van der Waals surface area contributed by atoms with Crippen LogP contribution >= 0.6 is 0 Å². The molecule has 0 aliphatic rings. The van der Waals surface area contributed by atoms with Crippen molar-refractivity contribution in [3.63, 3.8) is 0 Å². The van der Waals surface area contributed by atoms with Gasteiger partial charge in [-0.15, -0.1) is 0 Å². The molecule has 0 aromatic heterocycles. The van der Waals surface area contributed by atoms with Crippen LogP contribution in [0.1, 0.15) is 18.9 Å². The molecule has 90 valence electrons. The molecule has 5 heteroatoms. The number of carbonyl (C=O) groups is 1. The van der Waals surface area contributed by atoms with Crippen molar-refractivity contribution in [2.45, 2.75) is 18.8 Å². The lowest BCUT2D eigenvalue weighted by molar-refractivity contribution is -0.137. The molecule has 17 heavy (non-hydrogen) atoms. The number of methoxy groups -OCH3 is 1. The van der Waals surface area contributed by atoms with Gasteiger partial charge in [-0.05, 0) is 13.0 Å². The van der Waals surface area contributed by atoms with E-state index in [0.29, 0.717) is 5.56 Å². The standard InChI is InChI=1S/C12H12FNO3/c1-12(7-14,6-11(15)16)9-4-3-8(13)5-10(9)17-2/h3-5H,6H2,1-2H3,(H,15,16). The minimum absolute atomic E-state index is 0.176. The predicted molar refractivity (Wildman–Crippen MR) is 58.2 cm³/mol. The first-order chi connectivity index (χ1) is 7.92. The summed E-state index contributed by atoms with van der Waals surface area (Å²) in [5.41, 5.74) is -0.878. The Morgan fingerprint density at radius 1 is 1.65 bits per heavy atom. The molecule has 0 saturated heterocycles. The molecule has 0 aliphatic carbocycles. The Morgan fingerprint density at radius 2 is 2.29 bits per heavy atom. The fraction of sp³-hybridized carbons (Fsp3) is 0.333. The van der Waals surface area contributed by atoms with Gasteiger partial charge >= 0.3 is 5.97 Å². The highest BCUT2D eigenvalue weighted by Crippen LogP contribution is 2.34. The molecular formula is C12H12FNO3. The summed E-state index contributed by atoms with van der Waals surface area (Å²) >= 11 is 0. The number of hydrogen-bond donors (Lipinski definition) is 1. The molecule has 0 saturated carbocycles. The van der Waals surface area contributed by atoms with Gasteiger partial charge in [-0.2, -0.15) is 5.26 Å². The molecule has 1 atom stereocenters. The molecule has 0 radical (unpaired) electrons. The summed E-state index contributed by atoms with van der Waals surface area (Å²) in [6.45, 7) is 1.48. The van der Waals surface area contributed by atoms with E-state index in [1.165, 1.54) is 26.2 Å². The number of rotatable bonds is 4. The van der Waals surface area contributed by atoms with Gasteiger partial charge < -0.3 is 9.84 Å². The highest BCUT2D eigenvalue weighted by molar-refractivity contribution is 5.70. The molecule has 1 aromatic carbocycles. The molecule has 0 fully saturated rings. The summed E-state index contributed by atoms with van der Waals surface area (Å²) in [6, 6.07) is 5.62. The summed E-state index contributed by atoms with van der Waals surface area (Å²) < 4.78 is 18.0. The van der Waals surface area contributed by atoms with Crippen molar-refractivity contribution in [3.8, 4) is 11.8 Å². The van der Waals surface area contributed by atoms with E-state index in [2.05, 4.69) is 0 Å². The largest absolute Gasteiger partial charge is 0.496 e. The highest BCUT2D eigenvalue weighted by atomic mass is 19.1. The van der Waals surface area contributed by atoms with Crippen LogP contribution in [0, 0.1) is 17.1 Å². The molecule has 4 nitrogen and oxygen atoms in total. The summed E-state index contributed by atoms with van der Waals surface area (Å²) in [5.74, 6) is -1.42. The molecule has 1 N–H and O–H groups in total. The van der Waals surface area contributed by atoms with Gasteiger partial charge in [-0.1, -0.05) is 6.07 Å². The van der Waals surface area contributed by atoms with E-state index >= 15 is 0 Å². The number of carboxylic acids is 1. The van der Waals surface area contributed by atoms with Gasteiger partial charge in [0.25, 0.3) is 0 Å². The zero-order chi connectivity index (χ0) is 13.1. The second-order valence-electron chi connectivity index (χ2n) is 3.86. The van der Waals surface area contributed by atoms with Crippen LogP contribution in [0.25, 0.3) is 0 Å². The molecule has 0 amide bonds. The van der Waals surface area contributed by atoms with E-state index in [1.807, 2.05) is 6.07 Å². The Morgan fingerprint density at radius 3 is 2.76 bits per heavy atom. The number of hydrogen-bond acceptors (Lipinski definition) is 3. The van der Waals surface area contributed by atoms with Crippen LogP contribution in [0.3, 0.4) is 0 Å². The number of halogens is 1. The fourth-order valence-electron chi connectivity index (χ4n) is 1.62. The lowest BCUT2D eigenvalue weighted by atomic mass is 9.80. The van der Waals surface area contributed by atoms with Crippen LogP contribution in [-0.4, -0.2) is 18.2 Å². The lowest BCUT2D eigenvalue weighted by Gasteiger charge is -2.22. The topological polar surface area (TPSA) is 70.3 Å². The smallest absolute Gasteiger partial charge is 0.305 e. The predicted octanol–water partition coefficient (Wildman–Crippen LogP) is 2.09. The van der Waals surface area contributed by atoms with Crippen molar-refractivity contribution < 1.29 is 19.0 Å². The molecule has 0 heterocycles. The number of nitriles is 1. The first-order valence-electron chi connectivity index (χ1n) is 4.90. The van der Waals surface area contributed by atoms with E-state index < -0.39 is 17.2 Å². The van der Waals surface area contributed by atoms with Gasteiger partial charge in [-0.3, -0.25) is 4.79 Å². The third kappa shape index (κ3) is 2.72. The minimum atomic E-state index is -1.25. The summed E-state index contributed by atoms with van der Waals surface area (Å²) in [6.07, 6.45) is -0.370. The van der Waals surface area contributed by atoms with E-state index in [1.54, 1.807) is 0 Å². The first kappa shape index (κ1) is 13.0. The van der Waals surface area contributed by atoms with Crippen LogP contribution < -0.4 is 4.74 Å². The number of nitrogens with zero attached hydrogens (tertiary/aromatic N) is 1. The number of ether oxygens (including phenoxy) is 1. The van der Waals surface area contributed by atoms with Gasteiger partial charge in [0.15, 0.2) is 0 Å². The maximum absolute atomic E-state index is 13.0. The Hall–Kier alpha value is -2.09. The van der Waals surface area contributed by atoms with Crippen LogP contribution in [0.15, 0.2) is 18.2 Å². The fourth-order valence-corrected chi connectivity index (χ4v) is 1.62. The van der Waals surface area contributed by atoms with Crippen LogP contribution in [0.2, 0.25) is 0 Å². The molecule has 0 spiro atoms. The third-order valence-electron chi connectivity index (χ3n) is 2.51. The highest BCUT2D eigenvalue weighted by Gasteiger charge is 2.32. The first-order valence-corrected chi connectivity index (χ1v) is 4.90. The lowest BCUT2D eigenvalue weighted by Crippen LogP contribution is -2.24. The SMILES string of the molecule is COc1cc(F)ccc1C(C)(C#N)CC(=O)O. The Bertz CT molecular complexity index is 481. The van der Waals surface area contributed by atoms with E-state index in [0.717, 1.165) is 6.07 Å². The van der Waals surface area contributed by atoms with E-state index in [4.69, 9.17) is 15.1 Å². The minimum Gasteiger partial charge on any atom is -0.496 e. The van der Waals surface area contributed by atoms with Gasteiger partial charge in [0, 0.05) is 11.6 Å². The van der Waals surface area contributed by atoms with Crippen LogP contribution in [0.5, 0.6) is 5.75 Å². The van der Waals surface area contributed by atoms with Crippen molar-refractivity contribution in [2.24, 2.45) is 0 Å². The summed E-state index contributed by atoms with van der Waals surface area (Å²) in [7, 11) is 1.34. The monoisotopic (exact) mass is 237 g/mol. The second kappa shape index (κ2) is 4.83. The van der Waals surface area contributed by atoms with Crippen molar-refractivity contribution in [1.82, 2.24) is 0 Å². The molecule has 0 aliphatic heterocycles. The average molecular weight is 237 g/mol. The quantitative estimate of drug-likeness (QED) is 0.870. The number of aliphatic carboxylic acids is 1. The Kier molecular flexibility index (Phi) is 3.69. The third-order valence-corrected chi connectivity index (χ3v) is 2.51. The van der Waals surface area contributed by atoms with Gasteiger partial charge in [0.05, 0.1) is 25.0 Å². The van der Waals surface area contributed by atoms with Crippen LogP contribution in [0.4, 0.5) is 4.39 Å². The Balaban J connectivity index is 3.30. The zero-order valence-corrected chi connectivity index (χ0v) is 9.53. The Labute approximate surface area is 98.2 Å². The van der Waals surface area contributed by atoms with Gasteiger partial charge in [0.1, 0.15) is 11.6 Å². The molecule has 0 bridgehead atoms. The summed E-state index contributed by atoms with van der Waals surface area (Å²) in [5, 5.41) is 17.9. The molecular weight excluding hydrogens is 225 g/mol. The maximum atomic E-state index is 13.0. The number of carboxylic acid groups (broad SMARTS) is 1. The van der Waals surface area contributed by atoms with Crippen molar-refractivity contribution in [3.05, 3.63) is 29.6 Å². The second-order valence-corrected chi connectivity index (χ2v) is 3.86. The van der Waals surface area contributed by atoms with Crippen molar-refractivity contribution >= 4 is 5.97 Å². The normalized spacial score (nSPS) is 13.5. The molecule has 1 unspecified atom stereocenters. The van der Waals surface area contributed by atoms with Gasteiger partial charge in [-0.25, -0.2) is 4.39 Å².